The van der Waals surface area contributed by atoms with Crippen LogP contribution in [-0.2, 0) is 17.8 Å². The van der Waals surface area contributed by atoms with Gasteiger partial charge in [0, 0.05) is 25.1 Å². The molecule has 2 rings (SSSR count). The van der Waals surface area contributed by atoms with E-state index in [0.29, 0.717) is 24.6 Å². The lowest BCUT2D eigenvalue weighted by molar-refractivity contribution is -0.121. The average Bonchev–Trinajstić information content (AvgIpc) is 2.61. The van der Waals surface area contributed by atoms with Gasteiger partial charge >= 0.3 is 0 Å². The maximum atomic E-state index is 12.1. The molecule has 4 heteroatoms. The predicted octanol–water partition coefficient (Wildman–Crippen LogP) is 3.32. The molecule has 0 aliphatic carbocycles. The predicted molar refractivity (Wildman–Crippen MR) is 100 cm³/mol. The normalized spacial score (nSPS) is 10.5. The van der Waals surface area contributed by atoms with Crippen LogP contribution in [0.15, 0.2) is 54.6 Å². The van der Waals surface area contributed by atoms with Crippen LogP contribution in [0.1, 0.15) is 41.8 Å². The Kier molecular flexibility index (Phi) is 7.20. The van der Waals surface area contributed by atoms with Gasteiger partial charge in [0.2, 0.25) is 5.91 Å². The van der Waals surface area contributed by atoms with Gasteiger partial charge in [0.15, 0.2) is 0 Å². The molecule has 0 heterocycles. The highest BCUT2D eigenvalue weighted by Gasteiger charge is 2.07. The van der Waals surface area contributed by atoms with Crippen molar-refractivity contribution in [1.29, 1.82) is 0 Å². The first-order valence-electron chi connectivity index (χ1n) is 8.72. The first-order valence-corrected chi connectivity index (χ1v) is 8.72. The first-order chi connectivity index (χ1) is 12.0. The molecule has 0 bridgehead atoms. The van der Waals surface area contributed by atoms with Crippen molar-refractivity contribution in [2.75, 3.05) is 6.54 Å². The van der Waals surface area contributed by atoms with E-state index >= 15 is 0 Å². The van der Waals surface area contributed by atoms with Crippen molar-refractivity contribution in [1.82, 2.24) is 10.6 Å². The minimum Gasteiger partial charge on any atom is -0.352 e. The summed E-state index contributed by atoms with van der Waals surface area (Å²) in [6.07, 6.45) is 1.27. The fourth-order valence-electron chi connectivity index (χ4n) is 2.54. The van der Waals surface area contributed by atoms with Gasteiger partial charge in [0.1, 0.15) is 0 Å². The van der Waals surface area contributed by atoms with Crippen molar-refractivity contribution in [3.05, 3.63) is 71.3 Å². The van der Waals surface area contributed by atoms with E-state index in [1.165, 1.54) is 5.56 Å². The van der Waals surface area contributed by atoms with Crippen LogP contribution in [0, 0.1) is 5.92 Å². The standard InChI is InChI=1S/C21H26N2O2/c1-16(2)14-17-8-10-19(11-9-17)21(25)22-13-12-20(24)23-15-18-6-4-3-5-7-18/h3-11,16H,12-15H2,1-2H3,(H,22,25)(H,23,24). The Balaban J connectivity index is 1.70. The van der Waals surface area contributed by atoms with Crippen molar-refractivity contribution in [2.45, 2.75) is 33.2 Å². The van der Waals surface area contributed by atoms with Crippen molar-refractivity contribution in [3.8, 4) is 0 Å². The topological polar surface area (TPSA) is 58.2 Å². The van der Waals surface area contributed by atoms with Crippen LogP contribution in [-0.4, -0.2) is 18.4 Å². The lowest BCUT2D eigenvalue weighted by Gasteiger charge is -2.08. The Morgan fingerprint density at radius 2 is 1.56 bits per heavy atom. The molecular weight excluding hydrogens is 312 g/mol. The third kappa shape index (κ3) is 6.79. The van der Waals surface area contributed by atoms with Gasteiger partial charge in [0.05, 0.1) is 0 Å². The van der Waals surface area contributed by atoms with Crippen LogP contribution in [0.5, 0.6) is 0 Å². The highest BCUT2D eigenvalue weighted by atomic mass is 16.2. The van der Waals surface area contributed by atoms with Gasteiger partial charge in [0.25, 0.3) is 5.91 Å². The molecule has 0 saturated heterocycles. The SMILES string of the molecule is CC(C)Cc1ccc(C(=O)NCCC(=O)NCc2ccccc2)cc1. The highest BCUT2D eigenvalue weighted by Crippen LogP contribution is 2.09. The number of amides is 2. The quantitative estimate of drug-likeness (QED) is 0.776. The minimum atomic E-state index is -0.146. The molecule has 2 aromatic rings. The molecule has 0 spiro atoms. The van der Waals surface area contributed by atoms with E-state index in [0.717, 1.165) is 12.0 Å². The summed E-state index contributed by atoms with van der Waals surface area (Å²) in [5, 5.41) is 5.64. The number of benzene rings is 2. The Morgan fingerprint density at radius 1 is 0.880 bits per heavy atom. The zero-order valence-electron chi connectivity index (χ0n) is 14.9. The average molecular weight is 338 g/mol. The van der Waals surface area contributed by atoms with Crippen LogP contribution < -0.4 is 10.6 Å². The fraction of sp³-hybridized carbons (Fsp3) is 0.333. The molecular formula is C21H26N2O2. The third-order valence-corrected chi connectivity index (χ3v) is 3.83. The van der Waals surface area contributed by atoms with E-state index in [2.05, 4.69) is 24.5 Å². The molecule has 25 heavy (non-hydrogen) atoms. The Hall–Kier alpha value is -2.62. The van der Waals surface area contributed by atoms with Gasteiger partial charge in [-0.15, -0.1) is 0 Å². The number of carbonyl (C=O) groups is 2. The molecule has 0 aromatic heterocycles. The van der Waals surface area contributed by atoms with Gasteiger partial charge in [-0.25, -0.2) is 0 Å². The van der Waals surface area contributed by atoms with E-state index in [1.54, 1.807) is 0 Å². The smallest absolute Gasteiger partial charge is 0.251 e. The maximum absolute atomic E-state index is 12.1. The molecule has 4 nitrogen and oxygen atoms in total. The summed E-state index contributed by atoms with van der Waals surface area (Å²) in [6.45, 7) is 5.17. The van der Waals surface area contributed by atoms with Crippen LogP contribution in [0.2, 0.25) is 0 Å². The highest BCUT2D eigenvalue weighted by molar-refractivity contribution is 5.94. The van der Waals surface area contributed by atoms with E-state index in [4.69, 9.17) is 0 Å². The summed E-state index contributed by atoms with van der Waals surface area (Å²) in [4.78, 5) is 23.9. The summed E-state index contributed by atoms with van der Waals surface area (Å²) >= 11 is 0. The third-order valence-electron chi connectivity index (χ3n) is 3.83. The molecule has 0 saturated carbocycles. The van der Waals surface area contributed by atoms with Crippen LogP contribution >= 0.6 is 0 Å². The molecule has 2 N–H and O–H groups in total. The van der Waals surface area contributed by atoms with Crippen molar-refractivity contribution in [2.24, 2.45) is 5.92 Å². The largest absolute Gasteiger partial charge is 0.352 e. The summed E-state index contributed by atoms with van der Waals surface area (Å²) in [7, 11) is 0. The molecule has 0 atom stereocenters. The Morgan fingerprint density at radius 3 is 2.20 bits per heavy atom. The van der Waals surface area contributed by atoms with Gasteiger partial charge in [-0.2, -0.15) is 0 Å². The molecule has 0 aliphatic heterocycles. The van der Waals surface area contributed by atoms with Gasteiger partial charge in [-0.3, -0.25) is 9.59 Å². The first kappa shape index (κ1) is 18.7. The zero-order chi connectivity index (χ0) is 18.1. The van der Waals surface area contributed by atoms with Crippen molar-refractivity contribution < 1.29 is 9.59 Å². The maximum Gasteiger partial charge on any atom is 0.251 e. The lowest BCUT2D eigenvalue weighted by atomic mass is 10.0. The van der Waals surface area contributed by atoms with Crippen LogP contribution in [0.4, 0.5) is 0 Å². The minimum absolute atomic E-state index is 0.0727. The summed E-state index contributed by atoms with van der Waals surface area (Å²) < 4.78 is 0. The number of carbonyl (C=O) groups excluding carboxylic acids is 2. The van der Waals surface area contributed by atoms with Crippen LogP contribution in [0.25, 0.3) is 0 Å². The van der Waals surface area contributed by atoms with Crippen molar-refractivity contribution >= 4 is 11.8 Å². The summed E-state index contributed by atoms with van der Waals surface area (Å²) in [5.74, 6) is 0.373. The number of hydrogen-bond donors (Lipinski definition) is 2. The van der Waals surface area contributed by atoms with E-state index in [9.17, 15) is 9.59 Å². The monoisotopic (exact) mass is 338 g/mol. The van der Waals surface area contributed by atoms with Gasteiger partial charge < -0.3 is 10.6 Å². The zero-order valence-corrected chi connectivity index (χ0v) is 14.9. The molecule has 2 aromatic carbocycles. The second-order valence-electron chi connectivity index (χ2n) is 6.56. The number of nitrogens with one attached hydrogen (secondary N) is 2. The number of hydrogen-bond acceptors (Lipinski definition) is 2. The molecule has 0 fully saturated rings. The molecule has 0 radical (unpaired) electrons. The molecule has 0 aliphatic rings. The summed E-state index contributed by atoms with van der Waals surface area (Å²) in [6, 6.07) is 17.4. The van der Waals surface area contributed by atoms with E-state index < -0.39 is 0 Å². The fourth-order valence-corrected chi connectivity index (χ4v) is 2.54. The van der Waals surface area contributed by atoms with Gasteiger partial charge in [-0.1, -0.05) is 56.3 Å². The van der Waals surface area contributed by atoms with Crippen molar-refractivity contribution in [3.63, 3.8) is 0 Å². The molecule has 132 valence electrons. The van der Waals surface area contributed by atoms with E-state index in [1.807, 2.05) is 54.6 Å². The Labute approximate surface area is 149 Å². The summed E-state index contributed by atoms with van der Waals surface area (Å²) in [5.41, 5.74) is 2.91. The second-order valence-corrected chi connectivity index (χ2v) is 6.56. The number of rotatable bonds is 8. The Bertz CT molecular complexity index is 679. The van der Waals surface area contributed by atoms with Gasteiger partial charge in [-0.05, 0) is 35.6 Å². The van der Waals surface area contributed by atoms with Crippen LogP contribution in [0.3, 0.4) is 0 Å². The second kappa shape index (κ2) is 9.62. The lowest BCUT2D eigenvalue weighted by Crippen LogP contribution is -2.30. The molecule has 0 unspecified atom stereocenters. The molecule has 2 amide bonds. The van der Waals surface area contributed by atoms with E-state index in [-0.39, 0.29) is 18.2 Å².